The lowest BCUT2D eigenvalue weighted by Gasteiger charge is -2.12. The number of carbonyl (C=O) groups excluding carboxylic acids is 4. The van der Waals surface area contributed by atoms with E-state index >= 15 is 0 Å². The number of hydrogen-bond acceptors (Lipinski definition) is 6. The van der Waals surface area contributed by atoms with Crippen LogP contribution >= 0.6 is 23.5 Å². The molecule has 0 bridgehead atoms. The summed E-state index contributed by atoms with van der Waals surface area (Å²) in [5.74, 6) is -1.39. The molecule has 2 N–H and O–H groups in total. The van der Waals surface area contributed by atoms with E-state index in [1.807, 2.05) is 48.5 Å². The zero-order valence-corrected chi connectivity index (χ0v) is 19.3. The first-order chi connectivity index (χ1) is 15.2. The van der Waals surface area contributed by atoms with E-state index in [1.165, 1.54) is 0 Å². The Kier molecular flexibility index (Phi) is 6.08. The molecule has 6 nitrogen and oxygen atoms in total. The first-order valence-electron chi connectivity index (χ1n) is 9.92. The molecule has 2 aliphatic rings. The van der Waals surface area contributed by atoms with Crippen LogP contribution in [0.15, 0.2) is 69.5 Å². The molecule has 0 unspecified atom stereocenters. The number of carbonyl (C=O) groups is 4. The molecule has 0 aliphatic carbocycles. The summed E-state index contributed by atoms with van der Waals surface area (Å²) in [6.07, 6.45) is 0. The molecule has 0 radical (unpaired) electrons. The van der Waals surface area contributed by atoms with Gasteiger partial charge >= 0.3 is 0 Å². The highest BCUT2D eigenvalue weighted by Gasteiger charge is 2.29. The molecule has 2 aromatic carbocycles. The minimum Gasteiger partial charge on any atom is -0.288 e. The van der Waals surface area contributed by atoms with Crippen LogP contribution in [0, 0.1) is 0 Å². The summed E-state index contributed by atoms with van der Waals surface area (Å²) in [4.78, 5) is 49.4. The van der Waals surface area contributed by atoms with Crippen LogP contribution in [0.5, 0.6) is 0 Å². The Morgan fingerprint density at radius 3 is 1.22 bits per heavy atom. The van der Waals surface area contributed by atoms with Gasteiger partial charge in [-0.1, -0.05) is 24.3 Å². The minimum absolute atomic E-state index is 0.210. The Balaban J connectivity index is 1.41. The summed E-state index contributed by atoms with van der Waals surface area (Å²) in [5.41, 5.74) is 3.19. The van der Waals surface area contributed by atoms with Crippen LogP contribution in [-0.4, -0.2) is 28.2 Å². The van der Waals surface area contributed by atoms with E-state index in [-0.39, 0.29) is 28.2 Å². The Bertz CT molecular complexity index is 1120. The average molecular weight is 465 g/mol. The van der Waals surface area contributed by atoms with Crippen molar-refractivity contribution in [3.63, 3.8) is 0 Å². The molecular weight excluding hydrogens is 444 g/mol. The quantitative estimate of drug-likeness (QED) is 0.384. The van der Waals surface area contributed by atoms with Gasteiger partial charge in [0.2, 0.25) is 0 Å². The lowest BCUT2D eigenvalue weighted by atomic mass is 10.0. The summed E-state index contributed by atoms with van der Waals surface area (Å²) >= 11 is 3.37. The molecule has 4 amide bonds. The predicted molar refractivity (Wildman–Crippen MR) is 126 cm³/mol. The van der Waals surface area contributed by atoms with Gasteiger partial charge in [0, 0.05) is 20.9 Å². The van der Waals surface area contributed by atoms with Crippen molar-refractivity contribution in [3.05, 3.63) is 70.8 Å². The van der Waals surface area contributed by atoms with Gasteiger partial charge in [0.1, 0.15) is 0 Å². The van der Waals surface area contributed by atoms with E-state index in [0.29, 0.717) is 22.3 Å². The van der Waals surface area contributed by atoms with Crippen molar-refractivity contribution >= 4 is 58.3 Å². The van der Waals surface area contributed by atoms with Gasteiger partial charge in [0.15, 0.2) is 0 Å². The standard InChI is InChI=1S/C24H20N2O4S2/c1-12-19(23(29)25-21(12)27)15-4-8-17(9-5-15)31-14(3)32-18-10-6-16(7-11-18)20-13(2)22(28)26-24(20)30/h4-11,14H,1-3H3,(H,25,27,29)(H,26,28,30). The highest BCUT2D eigenvalue weighted by molar-refractivity contribution is 8.17. The molecular formula is C24H20N2O4S2. The molecule has 32 heavy (non-hydrogen) atoms. The highest BCUT2D eigenvalue weighted by Crippen LogP contribution is 2.36. The van der Waals surface area contributed by atoms with Gasteiger partial charge in [-0.25, -0.2) is 0 Å². The zero-order valence-electron chi connectivity index (χ0n) is 17.6. The molecule has 0 saturated heterocycles. The lowest BCUT2D eigenvalue weighted by Crippen LogP contribution is -2.22. The number of thioether (sulfide) groups is 2. The van der Waals surface area contributed by atoms with E-state index in [0.717, 1.165) is 20.9 Å². The molecule has 0 fully saturated rings. The van der Waals surface area contributed by atoms with Crippen molar-refractivity contribution in [2.45, 2.75) is 35.1 Å². The van der Waals surface area contributed by atoms with Crippen molar-refractivity contribution < 1.29 is 19.2 Å². The maximum atomic E-state index is 12.0. The number of benzene rings is 2. The molecule has 0 atom stereocenters. The van der Waals surface area contributed by atoms with E-state index in [4.69, 9.17) is 0 Å². The first kappa shape index (κ1) is 22.1. The Hall–Kier alpha value is -3.10. The Morgan fingerprint density at radius 2 is 0.938 bits per heavy atom. The molecule has 162 valence electrons. The third-order valence-electron chi connectivity index (χ3n) is 5.23. The van der Waals surface area contributed by atoms with Gasteiger partial charge in [0.25, 0.3) is 23.6 Å². The fourth-order valence-electron chi connectivity index (χ4n) is 3.59. The fourth-order valence-corrected chi connectivity index (χ4v) is 5.80. The SMILES string of the molecule is CC1=C(c2ccc(SC(C)Sc3ccc(C4=C(C)C(=O)NC4=O)cc3)cc2)C(=O)NC1=O. The summed E-state index contributed by atoms with van der Waals surface area (Å²) in [6, 6.07) is 15.2. The summed E-state index contributed by atoms with van der Waals surface area (Å²) in [6.45, 7) is 5.40. The van der Waals surface area contributed by atoms with E-state index in [2.05, 4.69) is 17.6 Å². The number of amides is 4. The zero-order chi connectivity index (χ0) is 23.0. The normalized spacial score (nSPS) is 16.4. The summed E-state index contributed by atoms with van der Waals surface area (Å²) in [5, 5.41) is 4.63. The molecule has 8 heteroatoms. The summed E-state index contributed by atoms with van der Waals surface area (Å²) < 4.78 is 0.210. The topological polar surface area (TPSA) is 92.3 Å². The Morgan fingerprint density at radius 1 is 0.594 bits per heavy atom. The van der Waals surface area contributed by atoms with Gasteiger partial charge in [-0.05, 0) is 56.2 Å². The number of rotatable bonds is 6. The van der Waals surface area contributed by atoms with Crippen LogP contribution < -0.4 is 10.6 Å². The van der Waals surface area contributed by atoms with Crippen molar-refractivity contribution in [3.8, 4) is 0 Å². The minimum atomic E-state index is -0.356. The number of nitrogens with one attached hydrogen (secondary N) is 2. The van der Waals surface area contributed by atoms with E-state index < -0.39 is 0 Å². The Labute approximate surface area is 193 Å². The van der Waals surface area contributed by atoms with E-state index in [9.17, 15) is 19.2 Å². The van der Waals surface area contributed by atoms with Gasteiger partial charge in [-0.2, -0.15) is 0 Å². The van der Waals surface area contributed by atoms with Gasteiger partial charge < -0.3 is 0 Å². The number of imide groups is 2. The van der Waals surface area contributed by atoms with Crippen LogP contribution in [0.4, 0.5) is 0 Å². The maximum Gasteiger partial charge on any atom is 0.259 e. The van der Waals surface area contributed by atoms with Gasteiger partial charge in [0.05, 0.1) is 15.7 Å². The van der Waals surface area contributed by atoms with Crippen molar-refractivity contribution in [1.82, 2.24) is 10.6 Å². The van der Waals surface area contributed by atoms with Crippen molar-refractivity contribution in [2.75, 3.05) is 0 Å². The van der Waals surface area contributed by atoms with E-state index in [1.54, 1.807) is 37.4 Å². The maximum absolute atomic E-state index is 12.0. The highest BCUT2D eigenvalue weighted by atomic mass is 32.2. The molecule has 0 aromatic heterocycles. The molecule has 2 aromatic rings. The molecule has 0 saturated carbocycles. The van der Waals surface area contributed by atoms with Crippen LogP contribution in [0.25, 0.3) is 11.1 Å². The molecule has 4 rings (SSSR count). The van der Waals surface area contributed by atoms with Crippen molar-refractivity contribution in [1.29, 1.82) is 0 Å². The third kappa shape index (κ3) is 4.28. The van der Waals surface area contributed by atoms with Gasteiger partial charge in [-0.15, -0.1) is 23.5 Å². The van der Waals surface area contributed by atoms with Crippen LogP contribution in [0.3, 0.4) is 0 Å². The lowest BCUT2D eigenvalue weighted by molar-refractivity contribution is -0.125. The second-order valence-electron chi connectivity index (χ2n) is 7.42. The molecule has 2 heterocycles. The second-order valence-corrected chi connectivity index (χ2v) is 10.5. The third-order valence-corrected chi connectivity index (χ3v) is 7.56. The van der Waals surface area contributed by atoms with Crippen LogP contribution in [0.2, 0.25) is 0 Å². The summed E-state index contributed by atoms with van der Waals surface area (Å²) in [7, 11) is 0. The smallest absolute Gasteiger partial charge is 0.259 e. The van der Waals surface area contributed by atoms with Crippen LogP contribution in [0.1, 0.15) is 31.9 Å². The van der Waals surface area contributed by atoms with Crippen LogP contribution in [-0.2, 0) is 19.2 Å². The number of hydrogen-bond donors (Lipinski definition) is 2. The van der Waals surface area contributed by atoms with Crippen molar-refractivity contribution in [2.24, 2.45) is 0 Å². The largest absolute Gasteiger partial charge is 0.288 e. The monoisotopic (exact) mass is 464 g/mol. The first-order valence-corrected chi connectivity index (χ1v) is 11.7. The molecule has 2 aliphatic heterocycles. The average Bonchev–Trinajstić information content (AvgIpc) is 3.16. The molecule has 0 spiro atoms. The fraction of sp³-hybridized carbons (Fsp3) is 0.167. The van der Waals surface area contributed by atoms with Gasteiger partial charge in [-0.3, -0.25) is 29.8 Å². The predicted octanol–water partition coefficient (Wildman–Crippen LogP) is 3.78. The second kappa shape index (κ2) is 8.80.